The Hall–Kier alpha value is -2.89. The van der Waals surface area contributed by atoms with E-state index in [0.717, 1.165) is 22.2 Å². The summed E-state index contributed by atoms with van der Waals surface area (Å²) in [5.74, 6) is 0.300. The molecule has 0 unspecified atom stereocenters. The molecule has 0 bridgehead atoms. The molecule has 0 spiro atoms. The second kappa shape index (κ2) is 6.70. The van der Waals surface area contributed by atoms with Gasteiger partial charge in [-0.15, -0.1) is 0 Å². The van der Waals surface area contributed by atoms with Crippen molar-refractivity contribution in [1.29, 1.82) is 0 Å². The van der Waals surface area contributed by atoms with E-state index in [2.05, 4.69) is 15.6 Å². The Bertz CT molecular complexity index is 889. The highest BCUT2D eigenvalue weighted by Gasteiger charge is 2.12. The first kappa shape index (κ1) is 16.0. The van der Waals surface area contributed by atoms with Crippen LogP contribution >= 0.6 is 0 Å². The number of carbonyl (C=O) groups is 1. The summed E-state index contributed by atoms with van der Waals surface area (Å²) in [5.41, 5.74) is 3.27. The van der Waals surface area contributed by atoms with E-state index < -0.39 is 0 Å². The van der Waals surface area contributed by atoms with Crippen molar-refractivity contribution in [2.24, 2.45) is 0 Å². The molecule has 24 heavy (non-hydrogen) atoms. The van der Waals surface area contributed by atoms with Crippen LogP contribution in [0.2, 0.25) is 0 Å². The molecule has 2 N–H and O–H groups in total. The minimum absolute atomic E-state index is 0.231. The first-order valence-electron chi connectivity index (χ1n) is 7.64. The molecule has 0 aliphatic carbocycles. The molecule has 0 saturated heterocycles. The van der Waals surface area contributed by atoms with Crippen LogP contribution in [-0.4, -0.2) is 11.0 Å². The van der Waals surface area contributed by atoms with Crippen molar-refractivity contribution in [2.75, 3.05) is 0 Å². The monoisotopic (exact) mass is 327 g/mol. The molecule has 0 saturated carbocycles. The molecule has 2 heterocycles. The van der Waals surface area contributed by atoms with Crippen LogP contribution in [0.1, 0.15) is 22.6 Å². The lowest BCUT2D eigenvalue weighted by Gasteiger charge is -2.08. The Morgan fingerprint density at radius 2 is 2.00 bits per heavy atom. The summed E-state index contributed by atoms with van der Waals surface area (Å²) in [6, 6.07) is 7.85. The van der Waals surface area contributed by atoms with Gasteiger partial charge in [-0.3, -0.25) is 4.98 Å². The number of rotatable bonds is 4. The van der Waals surface area contributed by atoms with Crippen LogP contribution < -0.4 is 10.6 Å². The summed E-state index contributed by atoms with van der Waals surface area (Å²) in [5, 5.41) is 6.22. The van der Waals surface area contributed by atoms with Crippen molar-refractivity contribution < 1.29 is 13.6 Å². The number of fused-ring (bicyclic) bond motifs is 1. The largest absolute Gasteiger partial charge is 0.459 e. The zero-order chi connectivity index (χ0) is 17.1. The molecule has 0 atom stereocenters. The maximum absolute atomic E-state index is 13.3. The lowest BCUT2D eigenvalue weighted by molar-refractivity contribution is 0.239. The van der Waals surface area contributed by atoms with E-state index in [-0.39, 0.29) is 18.4 Å². The number of aromatic nitrogens is 1. The third-order valence-corrected chi connectivity index (χ3v) is 3.94. The van der Waals surface area contributed by atoms with E-state index >= 15 is 0 Å². The highest BCUT2D eigenvalue weighted by atomic mass is 19.1. The minimum atomic E-state index is -0.314. The molecule has 0 radical (unpaired) electrons. The minimum Gasteiger partial charge on any atom is -0.459 e. The summed E-state index contributed by atoms with van der Waals surface area (Å²) in [6.07, 6.45) is 1.69. The first-order valence-corrected chi connectivity index (χ1v) is 7.64. The smallest absolute Gasteiger partial charge is 0.315 e. The second-order valence-electron chi connectivity index (χ2n) is 5.59. The van der Waals surface area contributed by atoms with Crippen molar-refractivity contribution in [3.8, 4) is 0 Å². The van der Waals surface area contributed by atoms with E-state index in [1.165, 1.54) is 12.1 Å². The Morgan fingerprint density at radius 3 is 2.79 bits per heavy atom. The lowest BCUT2D eigenvalue weighted by Crippen LogP contribution is -2.35. The van der Waals surface area contributed by atoms with Crippen LogP contribution in [0.4, 0.5) is 9.18 Å². The van der Waals surface area contributed by atoms with Gasteiger partial charge < -0.3 is 15.1 Å². The summed E-state index contributed by atoms with van der Waals surface area (Å²) in [6.45, 7) is 4.37. The molecule has 3 rings (SSSR count). The molecule has 2 aromatic heterocycles. The maximum atomic E-state index is 13.3. The average Bonchev–Trinajstić information content (AvgIpc) is 2.88. The SMILES string of the molecule is Cc1cccnc1CNC(=O)NCc1oc2ccc(F)cc2c1C. The predicted octanol–water partition coefficient (Wildman–Crippen LogP) is 3.58. The molecule has 0 aliphatic heterocycles. The topological polar surface area (TPSA) is 67.2 Å². The number of hydrogen-bond acceptors (Lipinski definition) is 3. The Balaban J connectivity index is 1.60. The molecule has 0 aliphatic rings. The fraction of sp³-hybridized carbons (Fsp3) is 0.222. The molecular weight excluding hydrogens is 309 g/mol. The van der Waals surface area contributed by atoms with Gasteiger partial charge in [-0.05, 0) is 43.7 Å². The quantitative estimate of drug-likeness (QED) is 0.769. The molecule has 3 aromatic rings. The van der Waals surface area contributed by atoms with Gasteiger partial charge in [-0.25, -0.2) is 9.18 Å². The standard InChI is InChI=1S/C18H18FN3O2/c1-11-4-3-7-20-15(11)9-21-18(23)22-10-17-12(2)14-8-13(19)5-6-16(14)24-17/h3-8H,9-10H2,1-2H3,(H2,21,22,23). The number of benzene rings is 1. The van der Waals surface area contributed by atoms with Gasteiger partial charge >= 0.3 is 6.03 Å². The van der Waals surface area contributed by atoms with Crippen molar-refractivity contribution >= 4 is 17.0 Å². The van der Waals surface area contributed by atoms with Gasteiger partial charge in [0.15, 0.2) is 0 Å². The fourth-order valence-corrected chi connectivity index (χ4v) is 2.50. The number of nitrogens with one attached hydrogen (secondary N) is 2. The van der Waals surface area contributed by atoms with Gasteiger partial charge in [0.05, 0.1) is 18.8 Å². The highest BCUT2D eigenvalue weighted by Crippen LogP contribution is 2.25. The van der Waals surface area contributed by atoms with Crippen molar-refractivity contribution in [1.82, 2.24) is 15.6 Å². The summed E-state index contributed by atoms with van der Waals surface area (Å²) in [7, 11) is 0. The van der Waals surface area contributed by atoms with E-state index in [1.807, 2.05) is 26.0 Å². The zero-order valence-electron chi connectivity index (χ0n) is 13.5. The Morgan fingerprint density at radius 1 is 1.21 bits per heavy atom. The number of carbonyl (C=O) groups excluding carboxylic acids is 1. The van der Waals surface area contributed by atoms with Gasteiger partial charge in [0.2, 0.25) is 0 Å². The number of amides is 2. The number of furan rings is 1. The van der Waals surface area contributed by atoms with Crippen molar-refractivity contribution in [2.45, 2.75) is 26.9 Å². The van der Waals surface area contributed by atoms with Crippen LogP contribution in [0, 0.1) is 19.7 Å². The summed E-state index contributed by atoms with van der Waals surface area (Å²) >= 11 is 0. The Kier molecular flexibility index (Phi) is 4.46. The number of pyridine rings is 1. The van der Waals surface area contributed by atoms with Crippen LogP contribution in [0.5, 0.6) is 0 Å². The zero-order valence-corrected chi connectivity index (χ0v) is 13.5. The molecule has 6 heteroatoms. The third kappa shape index (κ3) is 3.37. The molecule has 5 nitrogen and oxygen atoms in total. The van der Waals surface area contributed by atoms with E-state index in [1.54, 1.807) is 12.3 Å². The lowest BCUT2D eigenvalue weighted by atomic mass is 10.1. The second-order valence-corrected chi connectivity index (χ2v) is 5.59. The van der Waals surface area contributed by atoms with Crippen molar-refractivity contribution in [3.05, 3.63) is 64.9 Å². The van der Waals surface area contributed by atoms with Crippen LogP contribution in [0.3, 0.4) is 0 Å². The summed E-state index contributed by atoms with van der Waals surface area (Å²) < 4.78 is 19.0. The van der Waals surface area contributed by atoms with Gasteiger partial charge in [0.25, 0.3) is 0 Å². The molecule has 2 amide bonds. The van der Waals surface area contributed by atoms with Crippen LogP contribution in [0.25, 0.3) is 11.0 Å². The van der Waals surface area contributed by atoms with Gasteiger partial charge in [0, 0.05) is 17.1 Å². The predicted molar refractivity (Wildman–Crippen MR) is 89.0 cm³/mol. The average molecular weight is 327 g/mol. The highest BCUT2D eigenvalue weighted by molar-refractivity contribution is 5.82. The summed E-state index contributed by atoms with van der Waals surface area (Å²) in [4.78, 5) is 16.2. The molecular formula is C18H18FN3O2. The number of hydrogen-bond donors (Lipinski definition) is 2. The number of urea groups is 1. The van der Waals surface area contributed by atoms with Gasteiger partial charge in [-0.1, -0.05) is 6.07 Å². The maximum Gasteiger partial charge on any atom is 0.315 e. The van der Waals surface area contributed by atoms with Gasteiger partial charge in [-0.2, -0.15) is 0 Å². The molecule has 124 valence electrons. The third-order valence-electron chi connectivity index (χ3n) is 3.94. The van der Waals surface area contributed by atoms with Gasteiger partial charge in [0.1, 0.15) is 17.2 Å². The van der Waals surface area contributed by atoms with E-state index in [9.17, 15) is 9.18 Å². The molecule has 1 aromatic carbocycles. The number of aryl methyl sites for hydroxylation is 2. The van der Waals surface area contributed by atoms with Crippen LogP contribution in [-0.2, 0) is 13.1 Å². The van der Waals surface area contributed by atoms with Crippen LogP contribution in [0.15, 0.2) is 40.9 Å². The number of nitrogens with zero attached hydrogens (tertiary/aromatic N) is 1. The first-order chi connectivity index (χ1) is 11.5. The number of halogens is 1. The normalized spacial score (nSPS) is 10.8. The van der Waals surface area contributed by atoms with E-state index in [0.29, 0.717) is 17.9 Å². The van der Waals surface area contributed by atoms with Crippen molar-refractivity contribution in [3.63, 3.8) is 0 Å². The van der Waals surface area contributed by atoms with E-state index in [4.69, 9.17) is 4.42 Å². The molecule has 0 fully saturated rings. The Labute approximate surface area is 138 Å². The fourth-order valence-electron chi connectivity index (χ4n) is 2.50.